The van der Waals surface area contributed by atoms with E-state index in [1.54, 1.807) is 4.68 Å². The molecule has 0 aromatic carbocycles. The molecule has 0 amide bonds. The van der Waals surface area contributed by atoms with Gasteiger partial charge < -0.3 is 4.74 Å². The van der Waals surface area contributed by atoms with Gasteiger partial charge in [-0.05, 0) is 29.8 Å². The predicted octanol–water partition coefficient (Wildman–Crippen LogP) is 2.70. The predicted molar refractivity (Wildman–Crippen MR) is 67.9 cm³/mol. The molecule has 0 aliphatic heterocycles. The van der Waals surface area contributed by atoms with E-state index >= 15 is 0 Å². The molecule has 5 nitrogen and oxygen atoms in total. The summed E-state index contributed by atoms with van der Waals surface area (Å²) < 4.78 is 7.57. The number of nitrogens with zero attached hydrogens (tertiary/aromatic N) is 4. The van der Waals surface area contributed by atoms with Crippen LogP contribution in [0.15, 0.2) is 10.7 Å². The van der Waals surface area contributed by atoms with Gasteiger partial charge in [-0.25, -0.2) is 9.67 Å². The summed E-state index contributed by atoms with van der Waals surface area (Å²) in [5.74, 6) is 0.504. The highest BCUT2D eigenvalue weighted by molar-refractivity contribution is 9.10. The van der Waals surface area contributed by atoms with Gasteiger partial charge in [-0.2, -0.15) is 10.1 Å². The fraction of sp³-hybridized carbons (Fsp3) is 0.300. The molecule has 0 N–H and O–H groups in total. The zero-order chi connectivity index (χ0) is 12.6. The minimum Gasteiger partial charge on any atom is -0.467 e. The van der Waals surface area contributed by atoms with Crippen molar-refractivity contribution < 1.29 is 4.74 Å². The second-order valence-corrected chi connectivity index (χ2v) is 4.63. The van der Waals surface area contributed by atoms with Crippen LogP contribution in [0.5, 0.6) is 6.01 Å². The van der Waals surface area contributed by atoms with Crippen molar-refractivity contribution in [3.05, 3.63) is 27.1 Å². The van der Waals surface area contributed by atoms with Crippen molar-refractivity contribution in [2.45, 2.75) is 13.8 Å². The van der Waals surface area contributed by atoms with Gasteiger partial charge in [0.2, 0.25) is 0 Å². The lowest BCUT2D eigenvalue weighted by molar-refractivity contribution is 0.378. The topological polar surface area (TPSA) is 52.8 Å². The molecule has 0 spiro atoms. The third-order valence-electron chi connectivity index (χ3n) is 2.29. The van der Waals surface area contributed by atoms with E-state index in [1.807, 2.05) is 13.8 Å². The molecule has 0 saturated heterocycles. The van der Waals surface area contributed by atoms with E-state index in [0.29, 0.717) is 10.8 Å². The third kappa shape index (κ3) is 2.14. The Morgan fingerprint density at radius 3 is 2.65 bits per heavy atom. The maximum Gasteiger partial charge on any atom is 0.318 e. The van der Waals surface area contributed by atoms with Crippen molar-refractivity contribution in [3.8, 4) is 11.8 Å². The molecule has 17 heavy (non-hydrogen) atoms. The monoisotopic (exact) mass is 316 g/mol. The lowest BCUT2D eigenvalue weighted by Gasteiger charge is -2.06. The first kappa shape index (κ1) is 12.3. The number of ether oxygens (including phenoxy) is 1. The minimum atomic E-state index is 0.257. The van der Waals surface area contributed by atoms with Crippen molar-refractivity contribution >= 4 is 27.5 Å². The fourth-order valence-corrected chi connectivity index (χ4v) is 1.84. The molecule has 0 unspecified atom stereocenters. The van der Waals surface area contributed by atoms with Crippen LogP contribution in [0.2, 0.25) is 5.02 Å². The van der Waals surface area contributed by atoms with Gasteiger partial charge in [-0.3, -0.25) is 0 Å². The van der Waals surface area contributed by atoms with Crippen molar-refractivity contribution in [2.24, 2.45) is 0 Å². The average Bonchev–Trinajstić information content (AvgIpc) is 2.58. The Bertz CT molecular complexity index is 570. The molecule has 2 aromatic rings. The van der Waals surface area contributed by atoms with Crippen LogP contribution in [0.1, 0.15) is 11.4 Å². The van der Waals surface area contributed by atoms with Crippen LogP contribution < -0.4 is 4.74 Å². The highest BCUT2D eigenvalue weighted by Gasteiger charge is 2.15. The lowest BCUT2D eigenvalue weighted by atomic mass is 10.4. The maximum absolute atomic E-state index is 6.06. The molecule has 0 atom stereocenters. The summed E-state index contributed by atoms with van der Waals surface area (Å²) in [6.45, 7) is 3.83. The summed E-state index contributed by atoms with van der Waals surface area (Å²) >= 11 is 9.52. The molecule has 2 heterocycles. The zero-order valence-corrected chi connectivity index (χ0v) is 11.9. The van der Waals surface area contributed by atoms with Gasteiger partial charge in [0.1, 0.15) is 5.02 Å². The Labute approximate surface area is 112 Å². The Balaban J connectivity index is 2.63. The number of methoxy groups -OCH3 is 1. The number of hydrogen-bond donors (Lipinski definition) is 0. The molecule has 7 heteroatoms. The largest absolute Gasteiger partial charge is 0.467 e. The smallest absolute Gasteiger partial charge is 0.318 e. The van der Waals surface area contributed by atoms with Crippen LogP contribution in [-0.4, -0.2) is 26.9 Å². The number of aromatic nitrogens is 4. The average molecular weight is 318 g/mol. The molecule has 2 aromatic heterocycles. The van der Waals surface area contributed by atoms with E-state index < -0.39 is 0 Å². The second-order valence-electron chi connectivity index (χ2n) is 3.42. The summed E-state index contributed by atoms with van der Waals surface area (Å²) in [4.78, 5) is 8.11. The van der Waals surface area contributed by atoms with Crippen LogP contribution in [0.3, 0.4) is 0 Å². The lowest BCUT2D eigenvalue weighted by Crippen LogP contribution is -2.05. The number of halogens is 2. The van der Waals surface area contributed by atoms with Gasteiger partial charge in [0.25, 0.3) is 0 Å². The Morgan fingerprint density at radius 1 is 1.41 bits per heavy atom. The van der Waals surface area contributed by atoms with Gasteiger partial charge in [0, 0.05) is 0 Å². The molecule has 90 valence electrons. The molecule has 0 fully saturated rings. The second kappa shape index (κ2) is 4.62. The minimum absolute atomic E-state index is 0.257. The first-order valence-corrected chi connectivity index (χ1v) is 6.00. The van der Waals surface area contributed by atoms with Crippen molar-refractivity contribution in [1.82, 2.24) is 19.7 Å². The molecule has 2 rings (SSSR count). The quantitative estimate of drug-likeness (QED) is 0.854. The van der Waals surface area contributed by atoms with E-state index in [0.717, 1.165) is 15.9 Å². The van der Waals surface area contributed by atoms with Gasteiger partial charge in [-0.1, -0.05) is 11.6 Å². The Morgan fingerprint density at radius 2 is 2.12 bits per heavy atom. The Kier molecular flexibility index (Phi) is 3.35. The van der Waals surface area contributed by atoms with Gasteiger partial charge in [-0.15, -0.1) is 0 Å². The molecule has 0 saturated carbocycles. The van der Waals surface area contributed by atoms with Crippen molar-refractivity contribution in [3.63, 3.8) is 0 Å². The van der Waals surface area contributed by atoms with Crippen LogP contribution in [0, 0.1) is 13.8 Å². The van der Waals surface area contributed by atoms with E-state index in [1.165, 1.54) is 13.3 Å². The number of rotatable bonds is 2. The molecular formula is C10H10BrClN4O. The van der Waals surface area contributed by atoms with Gasteiger partial charge in [0.05, 0.1) is 29.2 Å². The molecule has 0 bridgehead atoms. The normalized spacial score (nSPS) is 10.6. The van der Waals surface area contributed by atoms with Crippen LogP contribution in [0.25, 0.3) is 5.82 Å². The fourth-order valence-electron chi connectivity index (χ4n) is 1.42. The van der Waals surface area contributed by atoms with Crippen LogP contribution >= 0.6 is 27.5 Å². The molecule has 0 aliphatic rings. The summed E-state index contributed by atoms with van der Waals surface area (Å²) in [6.07, 6.45) is 1.49. The van der Waals surface area contributed by atoms with Crippen LogP contribution in [-0.2, 0) is 0 Å². The van der Waals surface area contributed by atoms with E-state index in [2.05, 4.69) is 31.0 Å². The van der Waals surface area contributed by atoms with E-state index in [4.69, 9.17) is 16.3 Å². The Hall–Kier alpha value is -1.14. The number of aryl methyl sites for hydroxylation is 1. The van der Waals surface area contributed by atoms with Gasteiger partial charge in [0.15, 0.2) is 5.82 Å². The summed E-state index contributed by atoms with van der Waals surface area (Å²) in [6, 6.07) is 0.257. The summed E-state index contributed by atoms with van der Waals surface area (Å²) in [5.41, 5.74) is 1.79. The maximum atomic E-state index is 6.06. The summed E-state index contributed by atoms with van der Waals surface area (Å²) in [5, 5.41) is 4.78. The molecular weight excluding hydrogens is 307 g/mol. The summed E-state index contributed by atoms with van der Waals surface area (Å²) in [7, 11) is 1.50. The first-order valence-electron chi connectivity index (χ1n) is 4.83. The zero-order valence-electron chi connectivity index (χ0n) is 9.53. The van der Waals surface area contributed by atoms with Crippen LogP contribution in [0.4, 0.5) is 0 Å². The first-order chi connectivity index (χ1) is 8.04. The highest BCUT2D eigenvalue weighted by Crippen LogP contribution is 2.26. The van der Waals surface area contributed by atoms with E-state index in [9.17, 15) is 0 Å². The highest BCUT2D eigenvalue weighted by atomic mass is 79.9. The molecule has 0 radical (unpaired) electrons. The standard InChI is InChI=1S/C10H10BrClN4O/c1-5-8(11)6(2)16(15-5)9-7(12)4-13-10(14-9)17-3/h4H,1-3H3. The number of hydrogen-bond acceptors (Lipinski definition) is 4. The SMILES string of the molecule is COc1ncc(Cl)c(-n2nc(C)c(Br)c2C)n1. The third-order valence-corrected chi connectivity index (χ3v) is 3.70. The van der Waals surface area contributed by atoms with Gasteiger partial charge >= 0.3 is 6.01 Å². The molecule has 0 aliphatic carbocycles. The van der Waals surface area contributed by atoms with Crippen molar-refractivity contribution in [1.29, 1.82) is 0 Å². The van der Waals surface area contributed by atoms with E-state index in [-0.39, 0.29) is 6.01 Å². The van der Waals surface area contributed by atoms with Crippen molar-refractivity contribution in [2.75, 3.05) is 7.11 Å².